The van der Waals surface area contributed by atoms with E-state index in [1.807, 2.05) is 28.3 Å². The van der Waals surface area contributed by atoms with Gasteiger partial charge < -0.3 is 24.7 Å². The zero-order chi connectivity index (χ0) is 28.8. The Morgan fingerprint density at radius 3 is 2.05 bits per heavy atom. The van der Waals surface area contributed by atoms with Crippen LogP contribution >= 0.6 is 11.3 Å². The third-order valence-corrected chi connectivity index (χ3v) is 10.4. The molecule has 6 rings (SSSR count). The van der Waals surface area contributed by atoms with Gasteiger partial charge in [0.05, 0.1) is 19.8 Å². The molecule has 4 atom stereocenters. The summed E-state index contributed by atoms with van der Waals surface area (Å²) in [5.74, 6) is 1.08. The van der Waals surface area contributed by atoms with Crippen LogP contribution in [0.2, 0.25) is 0 Å². The predicted octanol–water partition coefficient (Wildman–Crippen LogP) is 2.43. The number of aliphatic hydroxyl groups is 2. The van der Waals surface area contributed by atoms with Crippen LogP contribution in [-0.4, -0.2) is 131 Å². The molecular formula is C28H52N4O5S2. The minimum atomic E-state index is -1.01. The maximum absolute atomic E-state index is 12.2. The van der Waals surface area contributed by atoms with Crippen LogP contribution in [0.5, 0.6) is 0 Å². The predicted molar refractivity (Wildman–Crippen MR) is 159 cm³/mol. The molecule has 39 heavy (non-hydrogen) atoms. The van der Waals surface area contributed by atoms with E-state index in [2.05, 4.69) is 30.7 Å². The number of β-amino-alcohol motifs (C(OH)–C–C–N with tert-alkyl or cyclic N) is 1. The average molecular weight is 589 g/mol. The van der Waals surface area contributed by atoms with Crippen molar-refractivity contribution in [3.63, 3.8) is 0 Å². The van der Waals surface area contributed by atoms with Crippen LogP contribution in [-0.2, 0) is 20.5 Å². The summed E-state index contributed by atoms with van der Waals surface area (Å²) in [6.07, 6.45) is 7.63. The summed E-state index contributed by atoms with van der Waals surface area (Å²) < 4.78 is 20.5. The lowest BCUT2D eigenvalue weighted by molar-refractivity contribution is -0.123. The van der Waals surface area contributed by atoms with E-state index in [1.165, 1.54) is 37.2 Å². The third-order valence-electron chi connectivity index (χ3n) is 7.51. The Hall–Kier alpha value is -0.920. The maximum Gasteiger partial charge on any atom is 0.210 e. The highest BCUT2D eigenvalue weighted by atomic mass is 32.2. The molecule has 4 unspecified atom stereocenters. The van der Waals surface area contributed by atoms with Gasteiger partial charge in [-0.05, 0) is 71.3 Å². The molecular weight excluding hydrogens is 536 g/mol. The number of aryl methyl sites for hydroxylation is 1. The zero-order valence-corrected chi connectivity index (χ0v) is 26.3. The van der Waals surface area contributed by atoms with Gasteiger partial charge in [-0.3, -0.25) is 9.69 Å². The highest BCUT2D eigenvalue weighted by Gasteiger charge is 2.38. The first kappa shape index (κ1) is 34.3. The fourth-order valence-corrected chi connectivity index (χ4v) is 7.34. The average Bonchev–Trinajstić information content (AvgIpc) is 3.51. The number of rotatable bonds is 5. The van der Waals surface area contributed by atoms with Crippen LogP contribution in [0.15, 0.2) is 16.3 Å². The molecule has 1 aromatic heterocycles. The Labute approximate surface area is 242 Å². The number of hydrogen-bond donors (Lipinski definition) is 2. The van der Waals surface area contributed by atoms with Gasteiger partial charge in [0.2, 0.25) is 6.41 Å². The van der Waals surface area contributed by atoms with E-state index in [-0.39, 0.29) is 12.6 Å². The van der Waals surface area contributed by atoms with E-state index in [9.17, 15) is 9.00 Å². The number of thiophene rings is 1. The number of aliphatic hydroxyl groups excluding tert-OH is 2. The molecule has 9 nitrogen and oxygen atoms in total. The molecule has 0 radical (unpaired) electrons. The minimum absolute atomic E-state index is 0.223. The zero-order valence-electron chi connectivity index (χ0n) is 24.7. The van der Waals surface area contributed by atoms with Crippen LogP contribution in [0.4, 0.5) is 0 Å². The van der Waals surface area contributed by atoms with Crippen LogP contribution in [0, 0.1) is 12.8 Å². The molecule has 5 aliphatic rings. The summed E-state index contributed by atoms with van der Waals surface area (Å²) in [5.41, 5.74) is 0. The lowest BCUT2D eigenvalue weighted by Crippen LogP contribution is -2.53. The van der Waals surface area contributed by atoms with Gasteiger partial charge in [0.1, 0.15) is 15.2 Å². The molecule has 5 heterocycles. The van der Waals surface area contributed by atoms with Crippen molar-refractivity contribution in [1.82, 2.24) is 19.0 Å². The van der Waals surface area contributed by atoms with Crippen LogP contribution in [0.3, 0.4) is 0 Å². The maximum atomic E-state index is 12.2. The fraction of sp³-hybridized carbons (Fsp3) is 0.821. The van der Waals surface area contributed by atoms with Gasteiger partial charge in [-0.2, -0.15) is 0 Å². The van der Waals surface area contributed by atoms with Gasteiger partial charge in [0.15, 0.2) is 0 Å². The number of carbonyl (C=O) groups is 1. The van der Waals surface area contributed by atoms with Crippen molar-refractivity contribution in [3.8, 4) is 0 Å². The van der Waals surface area contributed by atoms with Crippen molar-refractivity contribution < 1.29 is 24.0 Å². The number of nitrogens with zero attached hydrogens (tertiary/aromatic N) is 4. The molecule has 5 fully saturated rings. The van der Waals surface area contributed by atoms with Gasteiger partial charge in [-0.25, -0.2) is 8.51 Å². The smallest absolute Gasteiger partial charge is 0.210 e. The van der Waals surface area contributed by atoms with Crippen molar-refractivity contribution >= 4 is 28.7 Å². The van der Waals surface area contributed by atoms with E-state index in [0.29, 0.717) is 25.3 Å². The van der Waals surface area contributed by atoms with E-state index >= 15 is 0 Å². The quantitative estimate of drug-likeness (QED) is 0.510. The molecule has 1 amide bonds. The Bertz CT molecular complexity index is 823. The van der Waals surface area contributed by atoms with Gasteiger partial charge >= 0.3 is 0 Å². The van der Waals surface area contributed by atoms with E-state index in [0.717, 1.165) is 62.7 Å². The second-order valence-electron chi connectivity index (χ2n) is 10.9. The van der Waals surface area contributed by atoms with Gasteiger partial charge in [-0.1, -0.05) is 19.8 Å². The van der Waals surface area contributed by atoms with E-state index in [1.54, 1.807) is 11.3 Å². The van der Waals surface area contributed by atoms with E-state index in [4.69, 9.17) is 14.9 Å². The molecule has 4 saturated heterocycles. The van der Waals surface area contributed by atoms with Crippen molar-refractivity contribution in [3.05, 3.63) is 17.0 Å². The normalized spacial score (nSPS) is 27.2. The topological polar surface area (TPSA) is 96.8 Å². The van der Waals surface area contributed by atoms with Crippen LogP contribution < -0.4 is 0 Å². The second-order valence-corrected chi connectivity index (χ2v) is 13.9. The molecule has 1 aliphatic carbocycles. The summed E-state index contributed by atoms with van der Waals surface area (Å²) in [7, 11) is 2.14. The summed E-state index contributed by atoms with van der Waals surface area (Å²) >= 11 is 1.61. The summed E-state index contributed by atoms with van der Waals surface area (Å²) in [6, 6.07) is 5.02. The van der Waals surface area contributed by atoms with Crippen molar-refractivity contribution in [1.29, 1.82) is 0 Å². The number of piperazine rings is 1. The van der Waals surface area contributed by atoms with Crippen molar-refractivity contribution in [2.45, 2.75) is 75.2 Å². The Morgan fingerprint density at radius 2 is 1.67 bits per heavy atom. The Morgan fingerprint density at radius 1 is 1.08 bits per heavy atom. The van der Waals surface area contributed by atoms with Crippen LogP contribution in [0.1, 0.15) is 50.8 Å². The monoisotopic (exact) mass is 588 g/mol. The van der Waals surface area contributed by atoms with Crippen molar-refractivity contribution in [2.75, 3.05) is 73.2 Å². The molecule has 1 aromatic rings. The molecule has 4 aliphatic heterocycles. The number of ether oxygens (including phenoxy) is 1. The van der Waals surface area contributed by atoms with Gasteiger partial charge in [0.25, 0.3) is 0 Å². The molecule has 226 valence electrons. The van der Waals surface area contributed by atoms with Gasteiger partial charge in [0, 0.05) is 56.3 Å². The number of hydrogen-bond acceptors (Lipinski definition) is 8. The summed E-state index contributed by atoms with van der Waals surface area (Å²) in [6.45, 7) is 14.0. The Kier molecular flexibility index (Phi) is 16.3. The number of fused-ring (bicyclic) bond motifs is 2. The second kappa shape index (κ2) is 18.5. The minimum Gasteiger partial charge on any atom is -0.400 e. The summed E-state index contributed by atoms with van der Waals surface area (Å²) in [5, 5.41) is 15.8. The first-order valence-corrected chi connectivity index (χ1v) is 16.3. The SMILES string of the molecule is CC1CC1.CN1CCC1.CO.Cc1ccc(S(=O)N2CCOCC2C)s1.O=CN1C2CCC1CN(CCO)C2. The first-order chi connectivity index (χ1) is 18.8. The molecule has 2 N–H and O–H groups in total. The van der Waals surface area contributed by atoms with Crippen molar-refractivity contribution in [2.24, 2.45) is 5.92 Å². The number of amides is 1. The highest BCUT2D eigenvalue weighted by molar-refractivity contribution is 7.85. The highest BCUT2D eigenvalue weighted by Crippen LogP contribution is 2.28. The lowest BCUT2D eigenvalue weighted by atomic mass is 10.2. The molecule has 1 saturated carbocycles. The molecule has 2 bridgehead atoms. The number of morpholine rings is 1. The third kappa shape index (κ3) is 11.8. The van der Waals surface area contributed by atoms with Gasteiger partial charge in [-0.15, -0.1) is 11.3 Å². The number of carbonyl (C=O) groups excluding carboxylic acids is 1. The molecule has 0 spiro atoms. The van der Waals surface area contributed by atoms with E-state index < -0.39 is 11.0 Å². The van der Waals surface area contributed by atoms with Crippen LogP contribution in [0.25, 0.3) is 0 Å². The first-order valence-electron chi connectivity index (χ1n) is 14.3. The molecule has 11 heteroatoms. The standard InChI is InChI=1S/C10H15NO2S2.C9H16N2O2.C4H9N.C4H8.CH4O/c1-8-7-13-6-5-11(8)15(12)10-4-3-9(2)14-10;12-4-3-10-5-8-1-2-9(6-10)11(8)7-13;1-5-3-2-4-5;1-4-2-3-4;1-2/h3-4,8H,5-7H2,1-2H3;7-9,12H,1-6H2;2-4H2,1H3;4H,2-3H2,1H3;2H,1H3. The lowest BCUT2D eigenvalue weighted by Gasteiger charge is -2.38. The molecule has 0 aromatic carbocycles. The largest absolute Gasteiger partial charge is 0.400 e. The summed E-state index contributed by atoms with van der Waals surface area (Å²) in [4.78, 5) is 18.5. The number of likely N-dealkylation sites (tertiary alicyclic amines) is 2. The Balaban J connectivity index is 0.000000199. The fourth-order valence-electron chi connectivity index (χ4n) is 4.74.